The quantitative estimate of drug-likeness (QED) is 0.653. The van der Waals surface area contributed by atoms with E-state index in [4.69, 9.17) is 19.3 Å². The van der Waals surface area contributed by atoms with E-state index in [9.17, 15) is 9.90 Å². The molecule has 2 aliphatic rings. The molecule has 0 radical (unpaired) electrons. The normalized spacial score (nSPS) is 38.9. The van der Waals surface area contributed by atoms with E-state index in [0.717, 1.165) is 0 Å². The zero-order valence-electron chi connectivity index (χ0n) is 9.04. The Bertz CT molecular complexity index is 268. The lowest BCUT2D eigenvalue weighted by Gasteiger charge is -2.28. The number of rotatable bonds is 5. The predicted molar refractivity (Wildman–Crippen MR) is 51.6 cm³/mol. The molecule has 2 rings (SSSR count). The highest BCUT2D eigenvalue weighted by atomic mass is 16.8. The maximum atomic E-state index is 10.4. The number of ether oxygens (including phenoxy) is 3. The van der Waals surface area contributed by atoms with Gasteiger partial charge in [0.25, 0.3) is 0 Å². The Morgan fingerprint density at radius 3 is 3.00 bits per heavy atom. The van der Waals surface area contributed by atoms with Crippen molar-refractivity contribution < 1.29 is 29.2 Å². The van der Waals surface area contributed by atoms with Crippen LogP contribution in [0.15, 0.2) is 0 Å². The molecule has 0 aromatic rings. The van der Waals surface area contributed by atoms with Gasteiger partial charge in [-0.2, -0.15) is 0 Å². The van der Waals surface area contributed by atoms with Gasteiger partial charge in [-0.15, -0.1) is 0 Å². The van der Waals surface area contributed by atoms with Crippen LogP contribution in [0.3, 0.4) is 0 Å². The third kappa shape index (κ3) is 2.91. The fourth-order valence-electron chi connectivity index (χ4n) is 1.73. The first-order valence-corrected chi connectivity index (χ1v) is 5.42. The number of hydrogen-bond donors (Lipinski definition) is 2. The van der Waals surface area contributed by atoms with E-state index < -0.39 is 18.4 Å². The number of epoxide rings is 1. The Morgan fingerprint density at radius 2 is 2.31 bits per heavy atom. The van der Waals surface area contributed by atoms with Gasteiger partial charge < -0.3 is 24.4 Å². The Balaban J connectivity index is 1.73. The van der Waals surface area contributed by atoms with Gasteiger partial charge in [0.15, 0.2) is 12.6 Å². The van der Waals surface area contributed by atoms with Gasteiger partial charge in [-0.3, -0.25) is 4.79 Å². The lowest BCUT2D eigenvalue weighted by molar-refractivity contribution is -0.239. The molecule has 0 saturated carbocycles. The molecule has 0 bridgehead atoms. The summed E-state index contributed by atoms with van der Waals surface area (Å²) in [6, 6.07) is 0. The van der Waals surface area contributed by atoms with Gasteiger partial charge in [-0.25, -0.2) is 0 Å². The molecule has 2 saturated heterocycles. The van der Waals surface area contributed by atoms with Crippen molar-refractivity contribution in [2.45, 2.75) is 57.1 Å². The van der Waals surface area contributed by atoms with E-state index in [0.29, 0.717) is 12.8 Å². The van der Waals surface area contributed by atoms with E-state index in [2.05, 4.69) is 0 Å². The van der Waals surface area contributed by atoms with Crippen LogP contribution < -0.4 is 0 Å². The Labute approximate surface area is 93.1 Å². The van der Waals surface area contributed by atoms with Crippen molar-refractivity contribution in [1.82, 2.24) is 0 Å². The number of aliphatic hydroxyl groups excluding tert-OH is 1. The summed E-state index contributed by atoms with van der Waals surface area (Å²) in [5.74, 6) is -0.855. The molecule has 2 aliphatic heterocycles. The van der Waals surface area contributed by atoms with Crippen LogP contribution >= 0.6 is 0 Å². The molecule has 92 valence electrons. The van der Waals surface area contributed by atoms with Gasteiger partial charge in [0, 0.05) is 12.8 Å². The van der Waals surface area contributed by atoms with Gasteiger partial charge >= 0.3 is 5.97 Å². The van der Waals surface area contributed by atoms with Crippen molar-refractivity contribution in [3.63, 3.8) is 0 Å². The summed E-state index contributed by atoms with van der Waals surface area (Å²) in [5, 5.41) is 18.2. The molecule has 2 fully saturated rings. The van der Waals surface area contributed by atoms with E-state index in [1.54, 1.807) is 6.92 Å². The van der Waals surface area contributed by atoms with E-state index in [1.165, 1.54) is 0 Å². The minimum Gasteiger partial charge on any atom is -0.481 e. The molecule has 0 amide bonds. The summed E-state index contributed by atoms with van der Waals surface area (Å²) in [6.07, 6.45) is -0.941. The van der Waals surface area contributed by atoms with Gasteiger partial charge in [0.2, 0.25) is 0 Å². The predicted octanol–water partition coefficient (Wildman–Crippen LogP) is 0.0885. The molecule has 0 aliphatic carbocycles. The smallest absolute Gasteiger partial charge is 0.303 e. The second kappa shape index (κ2) is 4.67. The minimum atomic E-state index is -0.855. The maximum absolute atomic E-state index is 10.4. The standard InChI is InChI=1S/C10H16O6/c1-5(2-3-8(12)13)14-9-6(11)4-7-10(15-7)16-9/h5-7,9-11H,2-4H2,1H3,(H,12,13)/t5-,6?,7-,9-,10?/m0/s1. The number of carboxylic acid groups (broad SMARTS) is 1. The van der Waals surface area contributed by atoms with Crippen LogP contribution in [0.1, 0.15) is 26.2 Å². The SMILES string of the molecule is C[C@@H](CCC(=O)O)O[C@H]1OC2O[C@H]2CC1O. The molecule has 5 atom stereocenters. The molecule has 0 spiro atoms. The van der Waals surface area contributed by atoms with Crippen molar-refractivity contribution in [2.75, 3.05) is 0 Å². The summed E-state index contributed by atoms with van der Waals surface area (Å²) in [5.41, 5.74) is 0. The minimum absolute atomic E-state index is 0.00387. The largest absolute Gasteiger partial charge is 0.481 e. The average Bonchev–Trinajstić information content (AvgIpc) is 2.93. The van der Waals surface area contributed by atoms with E-state index >= 15 is 0 Å². The number of fused-ring (bicyclic) bond motifs is 1. The van der Waals surface area contributed by atoms with Gasteiger partial charge in [0.1, 0.15) is 12.2 Å². The van der Waals surface area contributed by atoms with Crippen molar-refractivity contribution in [1.29, 1.82) is 0 Å². The third-order valence-electron chi connectivity index (χ3n) is 2.72. The fourth-order valence-corrected chi connectivity index (χ4v) is 1.73. The molecule has 2 N–H and O–H groups in total. The van der Waals surface area contributed by atoms with Gasteiger partial charge in [0.05, 0.1) is 6.10 Å². The van der Waals surface area contributed by atoms with Crippen molar-refractivity contribution in [3.05, 3.63) is 0 Å². The first-order valence-electron chi connectivity index (χ1n) is 5.42. The average molecular weight is 232 g/mol. The molecule has 2 unspecified atom stereocenters. The zero-order valence-corrected chi connectivity index (χ0v) is 9.04. The molecule has 6 heteroatoms. The summed E-state index contributed by atoms with van der Waals surface area (Å²) >= 11 is 0. The van der Waals surface area contributed by atoms with Crippen LogP contribution in [-0.4, -0.2) is 47.1 Å². The monoisotopic (exact) mass is 232 g/mol. The number of carboxylic acids is 1. The van der Waals surface area contributed by atoms with Crippen molar-refractivity contribution in [2.24, 2.45) is 0 Å². The molecular weight excluding hydrogens is 216 g/mol. The van der Waals surface area contributed by atoms with Crippen molar-refractivity contribution in [3.8, 4) is 0 Å². The summed E-state index contributed by atoms with van der Waals surface area (Å²) < 4.78 is 15.8. The van der Waals surface area contributed by atoms with Crippen molar-refractivity contribution >= 4 is 5.97 Å². The molecule has 0 aromatic heterocycles. The lowest BCUT2D eigenvalue weighted by Crippen LogP contribution is -2.40. The number of aliphatic carboxylic acids is 1. The van der Waals surface area contributed by atoms with Crippen LogP contribution in [0.4, 0.5) is 0 Å². The molecule has 0 aromatic carbocycles. The van der Waals surface area contributed by atoms with E-state index in [1.807, 2.05) is 0 Å². The second-order valence-corrected chi connectivity index (χ2v) is 4.23. The maximum Gasteiger partial charge on any atom is 0.303 e. The van der Waals surface area contributed by atoms with Gasteiger partial charge in [-0.05, 0) is 13.3 Å². The highest BCUT2D eigenvalue weighted by Crippen LogP contribution is 2.36. The summed E-state index contributed by atoms with van der Waals surface area (Å²) in [6.45, 7) is 1.76. The highest BCUT2D eigenvalue weighted by molar-refractivity contribution is 5.66. The van der Waals surface area contributed by atoms with Crippen LogP contribution in [0.25, 0.3) is 0 Å². The topological polar surface area (TPSA) is 88.5 Å². The fraction of sp³-hybridized carbons (Fsp3) is 0.900. The zero-order chi connectivity index (χ0) is 11.7. The van der Waals surface area contributed by atoms with Crippen LogP contribution in [0.5, 0.6) is 0 Å². The molecular formula is C10H16O6. The first-order chi connectivity index (χ1) is 7.56. The molecule has 6 nitrogen and oxygen atoms in total. The van der Waals surface area contributed by atoms with Crippen LogP contribution in [-0.2, 0) is 19.0 Å². The second-order valence-electron chi connectivity index (χ2n) is 4.23. The molecule has 16 heavy (non-hydrogen) atoms. The number of carbonyl (C=O) groups is 1. The highest BCUT2D eigenvalue weighted by Gasteiger charge is 2.50. The number of hydrogen-bond acceptors (Lipinski definition) is 5. The third-order valence-corrected chi connectivity index (χ3v) is 2.72. The lowest BCUT2D eigenvalue weighted by atomic mass is 10.1. The number of aliphatic hydroxyl groups is 1. The summed E-state index contributed by atoms with van der Waals surface area (Å²) in [7, 11) is 0. The molecule has 2 heterocycles. The first kappa shape index (κ1) is 11.8. The Hall–Kier alpha value is -0.690. The van der Waals surface area contributed by atoms with Crippen LogP contribution in [0, 0.1) is 0 Å². The van der Waals surface area contributed by atoms with E-state index in [-0.39, 0.29) is 24.9 Å². The van der Waals surface area contributed by atoms with Gasteiger partial charge in [-0.1, -0.05) is 0 Å². The van der Waals surface area contributed by atoms with Crippen LogP contribution in [0.2, 0.25) is 0 Å². The Morgan fingerprint density at radius 1 is 1.56 bits per heavy atom. The summed E-state index contributed by atoms with van der Waals surface area (Å²) in [4.78, 5) is 10.4. The Kier molecular flexibility index (Phi) is 3.44.